The van der Waals surface area contributed by atoms with Crippen LogP contribution >= 0.6 is 0 Å². The summed E-state index contributed by atoms with van der Waals surface area (Å²) >= 11 is 0. The monoisotopic (exact) mass is 195 g/mol. The lowest BCUT2D eigenvalue weighted by Gasteiger charge is -2.06. The Balaban J connectivity index is 3.01. The van der Waals surface area contributed by atoms with E-state index in [-0.39, 0.29) is 23.6 Å². The van der Waals surface area contributed by atoms with Gasteiger partial charge < -0.3 is 15.6 Å². The van der Waals surface area contributed by atoms with Crippen molar-refractivity contribution in [1.82, 2.24) is 0 Å². The number of hydrogen-bond donors (Lipinski definition) is 2. The fourth-order valence-electron chi connectivity index (χ4n) is 1.10. The van der Waals surface area contributed by atoms with E-state index in [1.807, 2.05) is 6.92 Å². The Labute approximate surface area is 82.3 Å². The Morgan fingerprint density at radius 3 is 2.86 bits per heavy atom. The van der Waals surface area contributed by atoms with Gasteiger partial charge in [-0.25, -0.2) is 0 Å². The van der Waals surface area contributed by atoms with Crippen LogP contribution in [0.5, 0.6) is 11.5 Å². The standard InChI is InChI=1S/C10H13NO3/c1-2-14-7-3-4-9(12)8(5-7)10(13)6-11/h3-5,12H,2,6,11H2,1H3. The number of phenolic OH excluding ortho intramolecular Hbond substituents is 1. The molecule has 0 aliphatic carbocycles. The van der Waals surface area contributed by atoms with Crippen LogP contribution in [0.3, 0.4) is 0 Å². The Hall–Kier alpha value is -1.55. The molecule has 4 nitrogen and oxygen atoms in total. The van der Waals surface area contributed by atoms with Crippen molar-refractivity contribution in [1.29, 1.82) is 0 Å². The number of benzene rings is 1. The first-order valence-electron chi connectivity index (χ1n) is 4.38. The molecule has 0 saturated heterocycles. The number of Topliss-reactive ketones (excluding diaryl/α,β-unsaturated/α-hetero) is 1. The highest BCUT2D eigenvalue weighted by Gasteiger charge is 2.10. The van der Waals surface area contributed by atoms with Gasteiger partial charge in [0.2, 0.25) is 0 Å². The zero-order valence-electron chi connectivity index (χ0n) is 7.99. The maximum absolute atomic E-state index is 11.3. The number of ketones is 1. The van der Waals surface area contributed by atoms with Gasteiger partial charge in [-0.15, -0.1) is 0 Å². The summed E-state index contributed by atoms with van der Waals surface area (Å²) in [4.78, 5) is 11.3. The highest BCUT2D eigenvalue weighted by atomic mass is 16.5. The summed E-state index contributed by atoms with van der Waals surface area (Å²) in [7, 11) is 0. The molecule has 0 fully saturated rings. The molecule has 0 aliphatic rings. The molecule has 0 unspecified atom stereocenters. The first-order chi connectivity index (χ1) is 6.69. The van der Waals surface area contributed by atoms with Gasteiger partial charge in [0.25, 0.3) is 0 Å². The molecule has 0 amide bonds. The molecule has 0 radical (unpaired) electrons. The van der Waals surface area contributed by atoms with Crippen LogP contribution in [0.1, 0.15) is 17.3 Å². The van der Waals surface area contributed by atoms with Gasteiger partial charge in [0.15, 0.2) is 5.78 Å². The molecule has 1 aromatic rings. The van der Waals surface area contributed by atoms with Crippen LogP contribution in [0.15, 0.2) is 18.2 Å². The summed E-state index contributed by atoms with van der Waals surface area (Å²) in [6, 6.07) is 4.52. The van der Waals surface area contributed by atoms with E-state index in [1.54, 1.807) is 6.07 Å². The molecule has 1 aromatic carbocycles. The van der Waals surface area contributed by atoms with Gasteiger partial charge in [0.1, 0.15) is 11.5 Å². The second kappa shape index (κ2) is 4.62. The molecule has 0 spiro atoms. The van der Waals surface area contributed by atoms with E-state index in [0.29, 0.717) is 12.4 Å². The molecule has 76 valence electrons. The number of carbonyl (C=O) groups is 1. The molecule has 0 bridgehead atoms. The molecular weight excluding hydrogens is 182 g/mol. The van der Waals surface area contributed by atoms with E-state index in [4.69, 9.17) is 10.5 Å². The zero-order chi connectivity index (χ0) is 10.6. The van der Waals surface area contributed by atoms with Gasteiger partial charge in [-0.2, -0.15) is 0 Å². The molecule has 0 atom stereocenters. The van der Waals surface area contributed by atoms with Crippen molar-refractivity contribution in [3.8, 4) is 11.5 Å². The number of aromatic hydroxyl groups is 1. The quantitative estimate of drug-likeness (QED) is 0.701. The third-order valence-corrected chi connectivity index (χ3v) is 1.76. The van der Waals surface area contributed by atoms with Gasteiger partial charge in [-0.3, -0.25) is 4.79 Å². The van der Waals surface area contributed by atoms with Crippen molar-refractivity contribution in [2.45, 2.75) is 6.92 Å². The van der Waals surface area contributed by atoms with Gasteiger partial charge in [0.05, 0.1) is 18.7 Å². The second-order valence-corrected chi connectivity index (χ2v) is 2.74. The van der Waals surface area contributed by atoms with E-state index in [9.17, 15) is 9.90 Å². The molecule has 0 aliphatic heterocycles. The predicted octanol–water partition coefficient (Wildman–Crippen LogP) is 0.932. The van der Waals surface area contributed by atoms with Gasteiger partial charge >= 0.3 is 0 Å². The number of phenols is 1. The van der Waals surface area contributed by atoms with Crippen molar-refractivity contribution in [3.05, 3.63) is 23.8 Å². The van der Waals surface area contributed by atoms with Crippen LogP contribution in [0, 0.1) is 0 Å². The topological polar surface area (TPSA) is 72.5 Å². The Kier molecular flexibility index (Phi) is 3.48. The van der Waals surface area contributed by atoms with Gasteiger partial charge in [-0.05, 0) is 25.1 Å². The molecule has 4 heteroatoms. The van der Waals surface area contributed by atoms with E-state index >= 15 is 0 Å². The fraction of sp³-hybridized carbons (Fsp3) is 0.300. The minimum atomic E-state index is -0.302. The second-order valence-electron chi connectivity index (χ2n) is 2.74. The summed E-state index contributed by atoms with van der Waals surface area (Å²) in [5.74, 6) is 0.190. The summed E-state index contributed by atoms with van der Waals surface area (Å²) in [5.41, 5.74) is 5.40. The number of hydrogen-bond acceptors (Lipinski definition) is 4. The Morgan fingerprint density at radius 2 is 2.29 bits per heavy atom. The van der Waals surface area contributed by atoms with Crippen LogP contribution in [-0.2, 0) is 0 Å². The van der Waals surface area contributed by atoms with E-state index in [2.05, 4.69) is 0 Å². The largest absolute Gasteiger partial charge is 0.507 e. The van der Waals surface area contributed by atoms with Crippen molar-refractivity contribution in [3.63, 3.8) is 0 Å². The average Bonchev–Trinajstić information content (AvgIpc) is 2.20. The van der Waals surface area contributed by atoms with E-state index < -0.39 is 0 Å². The minimum absolute atomic E-state index is 0.0658. The summed E-state index contributed by atoms with van der Waals surface area (Å²) in [6.45, 7) is 2.24. The smallest absolute Gasteiger partial charge is 0.180 e. The minimum Gasteiger partial charge on any atom is -0.507 e. The lowest BCUT2D eigenvalue weighted by atomic mass is 10.1. The number of carbonyl (C=O) groups excluding carboxylic acids is 1. The van der Waals surface area contributed by atoms with Gasteiger partial charge in [-0.1, -0.05) is 0 Å². The maximum Gasteiger partial charge on any atom is 0.180 e. The first kappa shape index (κ1) is 10.5. The highest BCUT2D eigenvalue weighted by molar-refractivity contribution is 6.00. The lowest BCUT2D eigenvalue weighted by molar-refractivity contribution is 0.0998. The van der Waals surface area contributed by atoms with Crippen molar-refractivity contribution in [2.75, 3.05) is 13.2 Å². The molecule has 14 heavy (non-hydrogen) atoms. The Bertz CT molecular complexity index is 336. The number of ether oxygens (including phenoxy) is 1. The van der Waals surface area contributed by atoms with Crippen molar-refractivity contribution in [2.24, 2.45) is 5.73 Å². The fourth-order valence-corrected chi connectivity index (χ4v) is 1.10. The molecule has 0 heterocycles. The predicted molar refractivity (Wildman–Crippen MR) is 52.7 cm³/mol. The normalized spacial score (nSPS) is 9.86. The van der Waals surface area contributed by atoms with Crippen molar-refractivity contribution >= 4 is 5.78 Å². The van der Waals surface area contributed by atoms with Crippen LogP contribution in [0.25, 0.3) is 0 Å². The van der Waals surface area contributed by atoms with Crippen LogP contribution in [0.4, 0.5) is 0 Å². The number of nitrogens with two attached hydrogens (primary N) is 1. The molecule has 0 saturated carbocycles. The first-order valence-corrected chi connectivity index (χ1v) is 4.38. The zero-order valence-corrected chi connectivity index (χ0v) is 7.99. The van der Waals surface area contributed by atoms with Crippen LogP contribution in [0.2, 0.25) is 0 Å². The highest BCUT2D eigenvalue weighted by Crippen LogP contribution is 2.23. The van der Waals surface area contributed by atoms with Crippen LogP contribution < -0.4 is 10.5 Å². The maximum atomic E-state index is 11.3. The van der Waals surface area contributed by atoms with E-state index in [1.165, 1.54) is 12.1 Å². The molecular formula is C10H13NO3. The molecule has 0 aromatic heterocycles. The van der Waals surface area contributed by atoms with E-state index in [0.717, 1.165) is 0 Å². The third kappa shape index (κ3) is 2.23. The summed E-state index contributed by atoms with van der Waals surface area (Å²) < 4.78 is 5.19. The van der Waals surface area contributed by atoms with Gasteiger partial charge in [0, 0.05) is 0 Å². The van der Waals surface area contributed by atoms with Crippen molar-refractivity contribution < 1.29 is 14.6 Å². The van der Waals surface area contributed by atoms with Crippen LogP contribution in [-0.4, -0.2) is 24.0 Å². The summed E-state index contributed by atoms with van der Waals surface area (Å²) in [5, 5.41) is 9.37. The average molecular weight is 195 g/mol. The Morgan fingerprint density at radius 1 is 1.57 bits per heavy atom. The third-order valence-electron chi connectivity index (χ3n) is 1.76. The lowest BCUT2D eigenvalue weighted by Crippen LogP contribution is -2.13. The summed E-state index contributed by atoms with van der Waals surface area (Å²) in [6.07, 6.45) is 0. The molecule has 1 rings (SSSR count). The number of rotatable bonds is 4. The molecule has 3 N–H and O–H groups in total. The SMILES string of the molecule is CCOc1ccc(O)c(C(=O)CN)c1.